The van der Waals surface area contributed by atoms with Crippen molar-refractivity contribution in [3.8, 4) is 11.5 Å². The first kappa shape index (κ1) is 19.8. The van der Waals surface area contributed by atoms with E-state index in [1.807, 2.05) is 12.1 Å². The van der Waals surface area contributed by atoms with Crippen molar-refractivity contribution in [1.82, 2.24) is 5.32 Å². The van der Waals surface area contributed by atoms with Gasteiger partial charge in [-0.1, -0.05) is 64.5 Å². The third-order valence-corrected chi connectivity index (χ3v) is 4.05. The molecular formula is C20H35NO2. The molecule has 0 aromatic heterocycles. The Morgan fingerprint density at radius 3 is 2.39 bits per heavy atom. The van der Waals surface area contributed by atoms with Crippen LogP contribution in [0.2, 0.25) is 0 Å². The lowest BCUT2D eigenvalue weighted by Gasteiger charge is -2.15. The van der Waals surface area contributed by atoms with Crippen LogP contribution in [0.3, 0.4) is 0 Å². The standard InChI is InChI=1S/C20H35NO2/c1-4-6-8-9-10-15-21-17-18-13-12-14-19(22-3)20(18)23-16-11-7-5-2/h12-14,21H,4-11,15-17H2,1-3H3. The Balaban J connectivity index is 2.43. The van der Waals surface area contributed by atoms with Gasteiger partial charge in [-0.25, -0.2) is 0 Å². The van der Waals surface area contributed by atoms with Crippen LogP contribution in [0.15, 0.2) is 18.2 Å². The van der Waals surface area contributed by atoms with E-state index in [0.29, 0.717) is 0 Å². The number of para-hydroxylation sites is 1. The normalized spacial score (nSPS) is 10.7. The Kier molecular flexibility index (Phi) is 11.4. The van der Waals surface area contributed by atoms with Crippen molar-refractivity contribution < 1.29 is 9.47 Å². The molecule has 132 valence electrons. The molecule has 0 unspecified atom stereocenters. The van der Waals surface area contributed by atoms with Crippen LogP contribution in [0.25, 0.3) is 0 Å². The van der Waals surface area contributed by atoms with Gasteiger partial charge < -0.3 is 14.8 Å². The molecule has 0 atom stereocenters. The van der Waals surface area contributed by atoms with Crippen molar-refractivity contribution in [3.63, 3.8) is 0 Å². The number of benzene rings is 1. The summed E-state index contributed by atoms with van der Waals surface area (Å²) in [4.78, 5) is 0. The summed E-state index contributed by atoms with van der Waals surface area (Å²) in [6.45, 7) is 7.13. The van der Waals surface area contributed by atoms with Crippen molar-refractivity contribution in [1.29, 1.82) is 0 Å². The van der Waals surface area contributed by atoms with E-state index in [2.05, 4.69) is 25.2 Å². The molecule has 0 radical (unpaired) electrons. The molecule has 1 N–H and O–H groups in total. The molecule has 0 spiro atoms. The van der Waals surface area contributed by atoms with Gasteiger partial charge in [0, 0.05) is 12.1 Å². The lowest BCUT2D eigenvalue weighted by Crippen LogP contribution is -2.16. The number of unbranched alkanes of at least 4 members (excludes halogenated alkanes) is 6. The van der Waals surface area contributed by atoms with Gasteiger partial charge in [-0.3, -0.25) is 0 Å². The molecule has 0 aliphatic rings. The van der Waals surface area contributed by atoms with Crippen LogP contribution in [0.1, 0.15) is 70.8 Å². The maximum atomic E-state index is 6.01. The average Bonchev–Trinajstić information content (AvgIpc) is 2.58. The molecule has 1 rings (SSSR count). The molecule has 0 aliphatic carbocycles. The number of methoxy groups -OCH3 is 1. The first-order valence-corrected chi connectivity index (χ1v) is 9.32. The predicted octanol–water partition coefficient (Wildman–Crippen LogP) is 5.32. The number of nitrogens with one attached hydrogen (secondary N) is 1. The third kappa shape index (κ3) is 8.26. The predicted molar refractivity (Wildman–Crippen MR) is 98.5 cm³/mol. The second-order valence-corrected chi connectivity index (χ2v) is 6.10. The molecule has 0 heterocycles. The highest BCUT2D eigenvalue weighted by Crippen LogP contribution is 2.31. The SMILES string of the molecule is CCCCCCCNCc1cccc(OC)c1OCCCCC. The molecule has 0 amide bonds. The van der Waals surface area contributed by atoms with Crippen molar-refractivity contribution in [2.45, 2.75) is 71.8 Å². The zero-order valence-electron chi connectivity index (χ0n) is 15.3. The highest BCUT2D eigenvalue weighted by molar-refractivity contribution is 5.46. The second kappa shape index (κ2) is 13.2. The smallest absolute Gasteiger partial charge is 0.165 e. The molecule has 23 heavy (non-hydrogen) atoms. The number of hydrogen-bond acceptors (Lipinski definition) is 3. The van der Waals surface area contributed by atoms with E-state index >= 15 is 0 Å². The maximum absolute atomic E-state index is 6.01. The molecule has 0 saturated carbocycles. The molecule has 3 heteroatoms. The Morgan fingerprint density at radius 2 is 1.65 bits per heavy atom. The van der Waals surface area contributed by atoms with E-state index in [4.69, 9.17) is 9.47 Å². The minimum absolute atomic E-state index is 0.762. The number of rotatable bonds is 14. The zero-order valence-corrected chi connectivity index (χ0v) is 15.3. The van der Waals surface area contributed by atoms with Gasteiger partial charge in [0.2, 0.25) is 0 Å². The van der Waals surface area contributed by atoms with Crippen LogP contribution >= 0.6 is 0 Å². The van der Waals surface area contributed by atoms with Crippen molar-refractivity contribution in [2.24, 2.45) is 0 Å². The first-order chi connectivity index (χ1) is 11.3. The Bertz CT molecular complexity index is 407. The van der Waals surface area contributed by atoms with Crippen LogP contribution in [0.4, 0.5) is 0 Å². The lowest BCUT2D eigenvalue weighted by molar-refractivity contribution is 0.282. The summed E-state index contributed by atoms with van der Waals surface area (Å²) in [6.07, 6.45) is 10.1. The fourth-order valence-corrected chi connectivity index (χ4v) is 2.63. The van der Waals surface area contributed by atoms with Gasteiger partial charge in [-0.05, 0) is 25.5 Å². The molecule has 1 aromatic rings. The van der Waals surface area contributed by atoms with Gasteiger partial charge in [0.05, 0.1) is 13.7 Å². The highest BCUT2D eigenvalue weighted by Gasteiger charge is 2.10. The van der Waals surface area contributed by atoms with Crippen molar-refractivity contribution in [2.75, 3.05) is 20.3 Å². The lowest BCUT2D eigenvalue weighted by atomic mass is 10.1. The van der Waals surface area contributed by atoms with Crippen molar-refractivity contribution >= 4 is 0 Å². The molecule has 0 fully saturated rings. The largest absolute Gasteiger partial charge is 0.493 e. The first-order valence-electron chi connectivity index (χ1n) is 9.32. The fourth-order valence-electron chi connectivity index (χ4n) is 2.63. The number of ether oxygens (including phenoxy) is 2. The van der Waals surface area contributed by atoms with E-state index < -0.39 is 0 Å². The Morgan fingerprint density at radius 1 is 0.913 bits per heavy atom. The quantitative estimate of drug-likeness (QED) is 0.470. The van der Waals surface area contributed by atoms with E-state index in [9.17, 15) is 0 Å². The molecule has 0 bridgehead atoms. The van der Waals surface area contributed by atoms with Crippen LogP contribution < -0.4 is 14.8 Å². The maximum Gasteiger partial charge on any atom is 0.165 e. The van der Waals surface area contributed by atoms with E-state index in [0.717, 1.165) is 37.6 Å². The van der Waals surface area contributed by atoms with E-state index in [-0.39, 0.29) is 0 Å². The summed E-state index contributed by atoms with van der Waals surface area (Å²) in [5.74, 6) is 1.74. The summed E-state index contributed by atoms with van der Waals surface area (Å²) in [5.41, 5.74) is 1.19. The summed E-state index contributed by atoms with van der Waals surface area (Å²) in [7, 11) is 1.71. The molecular weight excluding hydrogens is 286 g/mol. The topological polar surface area (TPSA) is 30.5 Å². The Hall–Kier alpha value is -1.22. The van der Waals surface area contributed by atoms with Gasteiger partial charge in [-0.15, -0.1) is 0 Å². The van der Waals surface area contributed by atoms with Crippen molar-refractivity contribution in [3.05, 3.63) is 23.8 Å². The monoisotopic (exact) mass is 321 g/mol. The van der Waals surface area contributed by atoms with Crippen LogP contribution in [0, 0.1) is 0 Å². The van der Waals surface area contributed by atoms with Gasteiger partial charge in [-0.2, -0.15) is 0 Å². The van der Waals surface area contributed by atoms with E-state index in [1.165, 1.54) is 50.5 Å². The molecule has 1 aromatic carbocycles. The summed E-state index contributed by atoms with van der Waals surface area (Å²) in [6, 6.07) is 6.14. The molecule has 3 nitrogen and oxygen atoms in total. The Labute approximate surface area is 142 Å². The molecule has 0 aliphatic heterocycles. The fraction of sp³-hybridized carbons (Fsp3) is 0.700. The highest BCUT2D eigenvalue weighted by atomic mass is 16.5. The molecule has 0 saturated heterocycles. The summed E-state index contributed by atoms with van der Waals surface area (Å²) in [5, 5.41) is 3.54. The summed E-state index contributed by atoms with van der Waals surface area (Å²) < 4.78 is 11.5. The van der Waals surface area contributed by atoms with Gasteiger partial charge in [0.15, 0.2) is 11.5 Å². The minimum atomic E-state index is 0.762. The van der Waals surface area contributed by atoms with Gasteiger partial charge in [0.1, 0.15) is 0 Å². The second-order valence-electron chi connectivity index (χ2n) is 6.10. The minimum Gasteiger partial charge on any atom is -0.493 e. The average molecular weight is 322 g/mol. The van der Waals surface area contributed by atoms with Crippen LogP contribution in [0.5, 0.6) is 11.5 Å². The van der Waals surface area contributed by atoms with Gasteiger partial charge >= 0.3 is 0 Å². The summed E-state index contributed by atoms with van der Waals surface area (Å²) >= 11 is 0. The zero-order chi connectivity index (χ0) is 16.8. The van der Waals surface area contributed by atoms with Crippen LogP contribution in [-0.4, -0.2) is 20.3 Å². The van der Waals surface area contributed by atoms with Crippen LogP contribution in [-0.2, 0) is 6.54 Å². The third-order valence-electron chi connectivity index (χ3n) is 4.05. The van der Waals surface area contributed by atoms with E-state index in [1.54, 1.807) is 7.11 Å². The van der Waals surface area contributed by atoms with Gasteiger partial charge in [0.25, 0.3) is 0 Å². The number of hydrogen-bond donors (Lipinski definition) is 1.